The van der Waals surface area contributed by atoms with Crippen LogP contribution in [0.2, 0.25) is 10.0 Å². The minimum atomic E-state index is -4.18. The van der Waals surface area contributed by atoms with Crippen molar-refractivity contribution in [2.45, 2.75) is 31.2 Å². The highest BCUT2D eigenvalue weighted by atomic mass is 35.5. The summed E-state index contributed by atoms with van der Waals surface area (Å²) in [5.41, 5.74) is 0. The SMILES string of the molecule is CCC1C=NN(C(=O)NS(=O)(=O)c2c(Cl)cccc2Cl)C1C. The van der Waals surface area contributed by atoms with Crippen LogP contribution < -0.4 is 4.72 Å². The van der Waals surface area contributed by atoms with Gasteiger partial charge in [-0.1, -0.05) is 36.2 Å². The maximum absolute atomic E-state index is 12.3. The van der Waals surface area contributed by atoms with Crippen molar-refractivity contribution in [3.8, 4) is 0 Å². The molecule has 0 spiro atoms. The number of hydrazone groups is 1. The topological polar surface area (TPSA) is 78.8 Å². The van der Waals surface area contributed by atoms with E-state index in [-0.39, 0.29) is 26.9 Å². The highest BCUT2D eigenvalue weighted by Crippen LogP contribution is 2.29. The van der Waals surface area contributed by atoms with Gasteiger partial charge in [0.15, 0.2) is 0 Å². The van der Waals surface area contributed by atoms with E-state index in [1.165, 1.54) is 18.2 Å². The Bertz CT molecular complexity index is 701. The van der Waals surface area contributed by atoms with Crippen molar-refractivity contribution in [3.63, 3.8) is 0 Å². The first kappa shape index (κ1) is 17.1. The van der Waals surface area contributed by atoms with Crippen molar-refractivity contribution in [2.75, 3.05) is 0 Å². The Hall–Kier alpha value is -1.31. The summed E-state index contributed by atoms with van der Waals surface area (Å²) in [6.07, 6.45) is 2.44. The van der Waals surface area contributed by atoms with Crippen LogP contribution in [0.4, 0.5) is 4.79 Å². The fourth-order valence-electron chi connectivity index (χ4n) is 2.20. The molecule has 0 radical (unpaired) electrons. The average Bonchev–Trinajstić information content (AvgIpc) is 2.78. The van der Waals surface area contributed by atoms with Crippen molar-refractivity contribution in [1.29, 1.82) is 0 Å². The maximum Gasteiger partial charge on any atom is 0.351 e. The lowest BCUT2D eigenvalue weighted by Gasteiger charge is -2.22. The van der Waals surface area contributed by atoms with Gasteiger partial charge in [-0.2, -0.15) is 5.10 Å². The van der Waals surface area contributed by atoms with Gasteiger partial charge in [0, 0.05) is 12.1 Å². The fourth-order valence-corrected chi connectivity index (χ4v) is 4.29. The van der Waals surface area contributed by atoms with Gasteiger partial charge >= 0.3 is 6.03 Å². The van der Waals surface area contributed by atoms with Crippen LogP contribution in [0, 0.1) is 5.92 Å². The van der Waals surface area contributed by atoms with Crippen LogP contribution in [0.15, 0.2) is 28.2 Å². The molecule has 2 atom stereocenters. The number of urea groups is 1. The molecule has 0 aliphatic carbocycles. The zero-order chi connectivity index (χ0) is 16.5. The zero-order valence-electron chi connectivity index (χ0n) is 12.0. The van der Waals surface area contributed by atoms with E-state index in [4.69, 9.17) is 23.2 Å². The molecule has 2 rings (SSSR count). The second kappa shape index (κ2) is 6.44. The van der Waals surface area contributed by atoms with Crippen LogP contribution in [0.25, 0.3) is 0 Å². The second-order valence-electron chi connectivity index (χ2n) is 4.88. The molecule has 0 aromatic heterocycles. The Labute approximate surface area is 139 Å². The Balaban J connectivity index is 2.23. The van der Waals surface area contributed by atoms with E-state index in [2.05, 4.69) is 5.10 Å². The quantitative estimate of drug-likeness (QED) is 0.895. The van der Waals surface area contributed by atoms with Crippen LogP contribution >= 0.6 is 23.2 Å². The van der Waals surface area contributed by atoms with Gasteiger partial charge in [-0.15, -0.1) is 0 Å². The average molecular weight is 364 g/mol. The van der Waals surface area contributed by atoms with Crippen LogP contribution in [-0.2, 0) is 10.0 Å². The number of nitrogens with zero attached hydrogens (tertiary/aromatic N) is 2. The normalized spacial score (nSPS) is 21.2. The van der Waals surface area contributed by atoms with Gasteiger partial charge in [0.2, 0.25) is 0 Å². The summed E-state index contributed by atoms with van der Waals surface area (Å²) in [4.78, 5) is 11.8. The summed E-state index contributed by atoms with van der Waals surface area (Å²) in [6.45, 7) is 3.77. The monoisotopic (exact) mass is 363 g/mol. The van der Waals surface area contributed by atoms with E-state index in [0.717, 1.165) is 11.4 Å². The zero-order valence-corrected chi connectivity index (χ0v) is 14.3. The third-order valence-corrected chi connectivity index (χ3v) is 5.75. The third kappa shape index (κ3) is 3.21. The van der Waals surface area contributed by atoms with Gasteiger partial charge in [-0.05, 0) is 25.5 Å². The van der Waals surface area contributed by atoms with Crippen LogP contribution in [0.1, 0.15) is 20.3 Å². The van der Waals surface area contributed by atoms with Crippen molar-refractivity contribution in [3.05, 3.63) is 28.2 Å². The molecule has 1 aliphatic heterocycles. The van der Waals surface area contributed by atoms with E-state index in [1.54, 1.807) is 13.1 Å². The first-order valence-corrected chi connectivity index (χ1v) is 8.86. The predicted molar refractivity (Wildman–Crippen MR) is 85.8 cm³/mol. The Kier molecular flexibility index (Phi) is 4.99. The molecule has 0 fully saturated rings. The molecule has 0 bridgehead atoms. The molecule has 1 heterocycles. The molecule has 0 saturated carbocycles. The summed E-state index contributed by atoms with van der Waals surface area (Å²) >= 11 is 11.7. The molecule has 22 heavy (non-hydrogen) atoms. The molecule has 1 aliphatic rings. The number of hydrogen-bond donors (Lipinski definition) is 1. The summed E-state index contributed by atoms with van der Waals surface area (Å²) in [5.74, 6) is 0.0948. The van der Waals surface area contributed by atoms with E-state index < -0.39 is 16.1 Å². The molecule has 2 unspecified atom stereocenters. The smallest absolute Gasteiger partial charge is 0.246 e. The van der Waals surface area contributed by atoms with E-state index in [9.17, 15) is 13.2 Å². The number of nitrogens with one attached hydrogen (secondary N) is 1. The number of halogens is 2. The van der Waals surface area contributed by atoms with E-state index in [1.807, 2.05) is 11.6 Å². The lowest BCUT2D eigenvalue weighted by molar-refractivity contribution is 0.186. The van der Waals surface area contributed by atoms with Crippen molar-refractivity contribution < 1.29 is 13.2 Å². The van der Waals surface area contributed by atoms with Gasteiger partial charge in [0.25, 0.3) is 10.0 Å². The summed E-state index contributed by atoms with van der Waals surface area (Å²) in [6, 6.07) is 3.23. The molecule has 120 valence electrons. The number of benzene rings is 1. The maximum atomic E-state index is 12.3. The van der Waals surface area contributed by atoms with E-state index in [0.29, 0.717) is 0 Å². The number of rotatable bonds is 3. The van der Waals surface area contributed by atoms with E-state index >= 15 is 0 Å². The third-order valence-electron chi connectivity index (χ3n) is 3.48. The molecule has 9 heteroatoms. The van der Waals surface area contributed by atoms with Gasteiger partial charge in [-0.25, -0.2) is 22.9 Å². The van der Waals surface area contributed by atoms with Crippen molar-refractivity contribution in [2.24, 2.45) is 11.0 Å². The summed E-state index contributed by atoms with van der Waals surface area (Å²) < 4.78 is 26.6. The second-order valence-corrected chi connectivity index (χ2v) is 7.32. The minimum Gasteiger partial charge on any atom is -0.246 e. The molecule has 1 aromatic carbocycles. The number of sulfonamides is 1. The van der Waals surface area contributed by atoms with Gasteiger partial charge < -0.3 is 0 Å². The molecule has 0 saturated heterocycles. The number of amides is 2. The number of carbonyl (C=O) groups excluding carboxylic acids is 1. The largest absolute Gasteiger partial charge is 0.351 e. The van der Waals surface area contributed by atoms with Crippen LogP contribution in [0.3, 0.4) is 0 Å². The summed E-state index contributed by atoms with van der Waals surface area (Å²) in [7, 11) is -4.18. The Morgan fingerprint density at radius 3 is 2.45 bits per heavy atom. The van der Waals surface area contributed by atoms with Crippen LogP contribution in [-0.4, -0.2) is 31.7 Å². The Morgan fingerprint density at radius 1 is 1.36 bits per heavy atom. The standard InChI is InChI=1S/C13H15Cl2N3O3S/c1-3-9-7-16-18(8(9)2)13(19)17-22(20,21)12-10(14)5-4-6-11(12)15/h4-9H,3H2,1-2H3,(H,17,19). The number of carbonyl (C=O) groups is 1. The van der Waals surface area contributed by atoms with Crippen molar-refractivity contribution >= 4 is 45.5 Å². The first-order chi connectivity index (χ1) is 10.3. The van der Waals surface area contributed by atoms with Gasteiger partial charge in [0.1, 0.15) is 4.90 Å². The highest BCUT2D eigenvalue weighted by Gasteiger charge is 2.33. The molecule has 1 N–H and O–H groups in total. The molecular weight excluding hydrogens is 349 g/mol. The predicted octanol–water partition coefficient (Wildman–Crippen LogP) is 3.11. The minimum absolute atomic E-state index is 0.0581. The molecular formula is C13H15Cl2N3O3S. The Morgan fingerprint density at radius 2 is 1.95 bits per heavy atom. The molecule has 1 aromatic rings. The lowest BCUT2D eigenvalue weighted by Crippen LogP contribution is -2.43. The summed E-state index contributed by atoms with van der Waals surface area (Å²) in [5, 5.41) is 4.95. The van der Waals surface area contributed by atoms with Gasteiger partial charge in [0.05, 0.1) is 16.1 Å². The fraction of sp³-hybridized carbons (Fsp3) is 0.385. The molecule has 6 nitrogen and oxygen atoms in total. The highest BCUT2D eigenvalue weighted by molar-refractivity contribution is 7.90. The van der Waals surface area contributed by atoms with Crippen LogP contribution in [0.5, 0.6) is 0 Å². The first-order valence-electron chi connectivity index (χ1n) is 6.62. The van der Waals surface area contributed by atoms with Crippen molar-refractivity contribution in [1.82, 2.24) is 9.73 Å². The van der Waals surface area contributed by atoms with Gasteiger partial charge in [-0.3, -0.25) is 0 Å². The number of hydrogen-bond acceptors (Lipinski definition) is 4. The molecule has 2 amide bonds. The lowest BCUT2D eigenvalue weighted by atomic mass is 10.0.